The first kappa shape index (κ1) is 26.1. The topological polar surface area (TPSA) is 58.6 Å². The Kier molecular flexibility index (Phi) is 10.3. The maximum absolute atomic E-state index is 14.0. The number of amides is 2. The van der Waals surface area contributed by atoms with Crippen molar-refractivity contribution in [2.75, 3.05) is 12.9 Å². The minimum atomic E-state index is -0.550. The van der Waals surface area contributed by atoms with E-state index in [9.17, 15) is 14.0 Å². The fourth-order valence-corrected chi connectivity index (χ4v) is 5.23. The number of rotatable bonds is 11. The van der Waals surface area contributed by atoms with Gasteiger partial charge in [-0.2, -0.15) is 0 Å². The lowest BCUT2D eigenvalue weighted by molar-refractivity contribution is -0.139. The van der Waals surface area contributed by atoms with Gasteiger partial charge in [-0.15, -0.1) is 11.8 Å². The summed E-state index contributed by atoms with van der Waals surface area (Å²) in [6, 6.07) is 13.8. The SMILES string of the molecule is CC[C@@H](C(=O)NC1CCCCC1)N(Cc1ccc(OC)cc1)C(=O)CSCc1ccccc1F. The summed E-state index contributed by atoms with van der Waals surface area (Å²) in [5.74, 6) is 0.843. The molecular formula is C27H35FN2O3S. The Morgan fingerprint density at radius 2 is 1.82 bits per heavy atom. The molecule has 184 valence electrons. The largest absolute Gasteiger partial charge is 0.497 e. The molecule has 0 heterocycles. The van der Waals surface area contributed by atoms with Crippen LogP contribution in [0.5, 0.6) is 5.75 Å². The van der Waals surface area contributed by atoms with Gasteiger partial charge >= 0.3 is 0 Å². The molecule has 2 amide bonds. The predicted molar refractivity (Wildman–Crippen MR) is 135 cm³/mol. The third kappa shape index (κ3) is 7.49. The molecule has 5 nitrogen and oxygen atoms in total. The number of nitrogens with zero attached hydrogens (tertiary/aromatic N) is 1. The molecule has 7 heteroatoms. The Labute approximate surface area is 206 Å². The number of benzene rings is 2. The van der Waals surface area contributed by atoms with Crippen molar-refractivity contribution >= 4 is 23.6 Å². The average molecular weight is 487 g/mol. The molecule has 1 aliphatic carbocycles. The highest BCUT2D eigenvalue weighted by atomic mass is 32.2. The van der Waals surface area contributed by atoms with E-state index < -0.39 is 6.04 Å². The number of nitrogens with one attached hydrogen (secondary N) is 1. The van der Waals surface area contributed by atoms with Crippen LogP contribution < -0.4 is 10.1 Å². The number of hydrogen-bond acceptors (Lipinski definition) is 4. The highest BCUT2D eigenvalue weighted by Crippen LogP contribution is 2.21. The van der Waals surface area contributed by atoms with Gasteiger partial charge in [0.15, 0.2) is 0 Å². The lowest BCUT2D eigenvalue weighted by Crippen LogP contribution is -2.52. The molecule has 1 N–H and O–H groups in total. The third-order valence-corrected chi connectivity index (χ3v) is 7.26. The van der Waals surface area contributed by atoms with Crippen molar-refractivity contribution in [2.24, 2.45) is 0 Å². The number of carbonyl (C=O) groups excluding carboxylic acids is 2. The fraction of sp³-hybridized carbons (Fsp3) is 0.481. The molecule has 0 saturated heterocycles. The lowest BCUT2D eigenvalue weighted by atomic mass is 9.95. The highest BCUT2D eigenvalue weighted by Gasteiger charge is 2.30. The van der Waals surface area contributed by atoms with Gasteiger partial charge in [-0.1, -0.05) is 56.5 Å². The van der Waals surface area contributed by atoms with E-state index in [1.165, 1.54) is 24.2 Å². The number of methoxy groups -OCH3 is 1. The molecular weight excluding hydrogens is 451 g/mol. The van der Waals surface area contributed by atoms with E-state index in [1.807, 2.05) is 31.2 Å². The first-order valence-electron chi connectivity index (χ1n) is 12.1. The Balaban J connectivity index is 1.71. The predicted octanol–water partition coefficient (Wildman–Crippen LogP) is 5.32. The van der Waals surface area contributed by atoms with Crippen LogP contribution in [0.15, 0.2) is 48.5 Å². The molecule has 2 aromatic rings. The number of thioether (sulfide) groups is 1. The first-order valence-corrected chi connectivity index (χ1v) is 13.2. The summed E-state index contributed by atoms with van der Waals surface area (Å²) < 4.78 is 19.2. The van der Waals surface area contributed by atoms with Crippen LogP contribution in [-0.4, -0.2) is 41.7 Å². The molecule has 0 bridgehead atoms. The minimum Gasteiger partial charge on any atom is -0.497 e. The Morgan fingerprint density at radius 1 is 1.12 bits per heavy atom. The van der Waals surface area contributed by atoms with Gasteiger partial charge in [0.05, 0.1) is 12.9 Å². The summed E-state index contributed by atoms with van der Waals surface area (Å²) in [6.45, 7) is 2.27. The quantitative estimate of drug-likeness (QED) is 0.467. The second-order valence-corrected chi connectivity index (χ2v) is 9.71. The van der Waals surface area contributed by atoms with Crippen LogP contribution >= 0.6 is 11.8 Å². The van der Waals surface area contributed by atoms with E-state index in [-0.39, 0.29) is 29.4 Å². The summed E-state index contributed by atoms with van der Waals surface area (Å²) in [7, 11) is 1.61. The van der Waals surface area contributed by atoms with Crippen molar-refractivity contribution in [2.45, 2.75) is 69.8 Å². The van der Waals surface area contributed by atoms with Gasteiger partial charge < -0.3 is 15.0 Å². The van der Waals surface area contributed by atoms with Crippen LogP contribution in [0.1, 0.15) is 56.6 Å². The van der Waals surface area contributed by atoms with E-state index in [4.69, 9.17) is 4.74 Å². The summed E-state index contributed by atoms with van der Waals surface area (Å²) in [4.78, 5) is 28.3. The maximum atomic E-state index is 14.0. The van der Waals surface area contributed by atoms with Crippen molar-refractivity contribution in [1.82, 2.24) is 10.2 Å². The molecule has 1 saturated carbocycles. The zero-order valence-corrected chi connectivity index (χ0v) is 20.9. The lowest BCUT2D eigenvalue weighted by Gasteiger charge is -2.32. The molecule has 0 unspecified atom stereocenters. The number of carbonyl (C=O) groups is 2. The van der Waals surface area contributed by atoms with Gasteiger partial charge in [-0.3, -0.25) is 9.59 Å². The molecule has 1 aliphatic rings. The van der Waals surface area contributed by atoms with Crippen molar-refractivity contribution in [3.63, 3.8) is 0 Å². The van der Waals surface area contributed by atoms with Crippen LogP contribution in [0.3, 0.4) is 0 Å². The van der Waals surface area contributed by atoms with Crippen molar-refractivity contribution in [3.05, 3.63) is 65.5 Å². The fourth-order valence-electron chi connectivity index (χ4n) is 4.34. The molecule has 0 aliphatic heterocycles. The van der Waals surface area contributed by atoms with Crippen molar-refractivity contribution in [1.29, 1.82) is 0 Å². The smallest absolute Gasteiger partial charge is 0.243 e. The van der Waals surface area contributed by atoms with Crippen LogP contribution in [0.25, 0.3) is 0 Å². The van der Waals surface area contributed by atoms with E-state index in [2.05, 4.69) is 5.32 Å². The Bertz CT molecular complexity index is 932. The molecule has 0 aromatic heterocycles. The highest BCUT2D eigenvalue weighted by molar-refractivity contribution is 7.99. The molecule has 34 heavy (non-hydrogen) atoms. The molecule has 1 fully saturated rings. The average Bonchev–Trinajstić information content (AvgIpc) is 2.86. The molecule has 2 aromatic carbocycles. The van der Waals surface area contributed by atoms with E-state index in [0.29, 0.717) is 24.3 Å². The zero-order valence-electron chi connectivity index (χ0n) is 20.1. The minimum absolute atomic E-state index is 0.0876. The standard InChI is InChI=1S/C27H35FN2O3S/c1-3-25(27(32)29-22-10-5-4-6-11-22)30(17-20-13-15-23(33-2)16-14-20)26(31)19-34-18-21-9-7-8-12-24(21)28/h7-9,12-16,22,25H,3-6,10-11,17-19H2,1-2H3,(H,29,32)/t25-/m0/s1. The van der Waals surface area contributed by atoms with E-state index >= 15 is 0 Å². The number of hydrogen-bond donors (Lipinski definition) is 1. The van der Waals surface area contributed by atoms with Gasteiger partial charge in [0.25, 0.3) is 0 Å². The summed E-state index contributed by atoms with van der Waals surface area (Å²) in [6.07, 6.45) is 5.98. The van der Waals surface area contributed by atoms with Gasteiger partial charge in [0.1, 0.15) is 17.6 Å². The normalized spacial score (nSPS) is 14.9. The van der Waals surface area contributed by atoms with Gasteiger partial charge in [-0.25, -0.2) is 4.39 Å². The molecule has 1 atom stereocenters. The third-order valence-electron chi connectivity index (χ3n) is 6.29. The maximum Gasteiger partial charge on any atom is 0.243 e. The monoisotopic (exact) mass is 486 g/mol. The molecule has 0 spiro atoms. The van der Waals surface area contributed by atoms with Gasteiger partial charge in [0.2, 0.25) is 11.8 Å². The zero-order chi connectivity index (χ0) is 24.3. The van der Waals surface area contributed by atoms with E-state index in [0.717, 1.165) is 37.0 Å². The molecule has 0 radical (unpaired) electrons. The van der Waals surface area contributed by atoms with Crippen LogP contribution in [-0.2, 0) is 21.9 Å². The number of ether oxygens (including phenoxy) is 1. The second-order valence-electron chi connectivity index (χ2n) is 8.72. The van der Waals surface area contributed by atoms with Gasteiger partial charge in [-0.05, 0) is 48.6 Å². The van der Waals surface area contributed by atoms with Crippen molar-refractivity contribution < 1.29 is 18.7 Å². The van der Waals surface area contributed by atoms with Crippen LogP contribution in [0.2, 0.25) is 0 Å². The van der Waals surface area contributed by atoms with Crippen LogP contribution in [0, 0.1) is 5.82 Å². The number of halogens is 1. The summed E-state index contributed by atoms with van der Waals surface area (Å²) in [5, 5.41) is 3.19. The van der Waals surface area contributed by atoms with Gasteiger partial charge in [0, 0.05) is 18.3 Å². The first-order chi connectivity index (χ1) is 16.5. The van der Waals surface area contributed by atoms with E-state index in [1.54, 1.807) is 30.2 Å². The second kappa shape index (κ2) is 13.4. The Hall–Kier alpha value is -2.54. The summed E-state index contributed by atoms with van der Waals surface area (Å²) in [5.41, 5.74) is 1.50. The van der Waals surface area contributed by atoms with Crippen molar-refractivity contribution in [3.8, 4) is 5.75 Å². The Morgan fingerprint density at radius 3 is 2.47 bits per heavy atom. The summed E-state index contributed by atoms with van der Waals surface area (Å²) >= 11 is 1.37. The van der Waals surface area contributed by atoms with Crippen LogP contribution in [0.4, 0.5) is 4.39 Å². The molecule has 3 rings (SSSR count).